The molecule has 0 saturated carbocycles. The Morgan fingerprint density at radius 2 is 1.58 bits per heavy atom. The Kier molecular flexibility index (Phi) is 5.21. The molecular formula is C20H21FN2O3. The van der Waals surface area contributed by atoms with Crippen molar-refractivity contribution in [2.75, 3.05) is 33.3 Å². The summed E-state index contributed by atoms with van der Waals surface area (Å²) in [6.07, 6.45) is 0. The number of hydrogen-bond donors (Lipinski definition) is 0. The lowest BCUT2D eigenvalue weighted by atomic mass is 10.1. The number of rotatable bonds is 3. The lowest BCUT2D eigenvalue weighted by Gasteiger charge is -2.35. The van der Waals surface area contributed by atoms with Crippen molar-refractivity contribution in [3.63, 3.8) is 0 Å². The summed E-state index contributed by atoms with van der Waals surface area (Å²) in [5, 5.41) is 0. The van der Waals surface area contributed by atoms with Gasteiger partial charge in [-0.05, 0) is 42.8 Å². The summed E-state index contributed by atoms with van der Waals surface area (Å²) in [7, 11) is 1.59. The number of halogens is 1. The second-order valence-corrected chi connectivity index (χ2v) is 6.25. The zero-order valence-electron chi connectivity index (χ0n) is 14.9. The second kappa shape index (κ2) is 7.56. The quantitative estimate of drug-likeness (QED) is 0.850. The molecule has 0 N–H and O–H groups in total. The summed E-state index contributed by atoms with van der Waals surface area (Å²) in [5.74, 6) is -0.198. The highest BCUT2D eigenvalue weighted by molar-refractivity contribution is 5.96. The minimum absolute atomic E-state index is 0.0676. The molecule has 26 heavy (non-hydrogen) atoms. The summed E-state index contributed by atoms with van der Waals surface area (Å²) >= 11 is 0. The molecule has 2 amide bonds. The summed E-state index contributed by atoms with van der Waals surface area (Å²) in [5.41, 5.74) is 1.56. The van der Waals surface area contributed by atoms with Crippen molar-refractivity contribution < 1.29 is 18.7 Å². The van der Waals surface area contributed by atoms with E-state index in [0.29, 0.717) is 31.7 Å². The molecule has 1 fully saturated rings. The third-order valence-corrected chi connectivity index (χ3v) is 4.60. The first-order valence-electron chi connectivity index (χ1n) is 8.49. The third kappa shape index (κ3) is 3.54. The van der Waals surface area contributed by atoms with Crippen LogP contribution in [0.25, 0.3) is 0 Å². The van der Waals surface area contributed by atoms with Gasteiger partial charge in [0.15, 0.2) is 0 Å². The standard InChI is InChI=1S/C20H21FN2O3/c1-14-13-15(7-8-18(14)26-2)19(24)22-9-11-23(12-10-22)20(25)16-5-3-4-6-17(16)21/h3-8,13H,9-12H2,1-2H3. The summed E-state index contributed by atoms with van der Waals surface area (Å²) in [6, 6.07) is 11.3. The molecule has 0 atom stereocenters. The van der Waals surface area contributed by atoms with E-state index in [9.17, 15) is 14.0 Å². The fraction of sp³-hybridized carbons (Fsp3) is 0.300. The smallest absolute Gasteiger partial charge is 0.256 e. The largest absolute Gasteiger partial charge is 0.496 e. The molecule has 0 aliphatic carbocycles. The Labute approximate surface area is 152 Å². The molecule has 1 aliphatic rings. The van der Waals surface area contributed by atoms with Crippen molar-refractivity contribution >= 4 is 11.8 Å². The van der Waals surface area contributed by atoms with E-state index in [1.165, 1.54) is 12.1 Å². The molecule has 0 spiro atoms. The zero-order valence-corrected chi connectivity index (χ0v) is 14.9. The highest BCUT2D eigenvalue weighted by Crippen LogP contribution is 2.20. The van der Waals surface area contributed by atoms with Crippen LogP contribution in [-0.4, -0.2) is 54.9 Å². The molecule has 2 aromatic carbocycles. The Hall–Kier alpha value is -2.89. The Morgan fingerprint density at radius 3 is 2.15 bits per heavy atom. The predicted molar refractivity (Wildman–Crippen MR) is 95.9 cm³/mol. The van der Waals surface area contributed by atoms with Crippen molar-refractivity contribution in [3.8, 4) is 5.75 Å². The Bertz CT molecular complexity index is 830. The lowest BCUT2D eigenvalue weighted by molar-refractivity contribution is 0.0532. The first-order valence-corrected chi connectivity index (χ1v) is 8.49. The van der Waals surface area contributed by atoms with Crippen molar-refractivity contribution in [1.82, 2.24) is 9.80 Å². The average Bonchev–Trinajstić information content (AvgIpc) is 2.67. The molecule has 1 saturated heterocycles. The second-order valence-electron chi connectivity index (χ2n) is 6.25. The topological polar surface area (TPSA) is 49.9 Å². The Morgan fingerprint density at radius 1 is 0.962 bits per heavy atom. The minimum Gasteiger partial charge on any atom is -0.496 e. The highest BCUT2D eigenvalue weighted by Gasteiger charge is 2.26. The van der Waals surface area contributed by atoms with Crippen LogP contribution in [0.2, 0.25) is 0 Å². The average molecular weight is 356 g/mol. The number of nitrogens with zero attached hydrogens (tertiary/aromatic N) is 2. The van der Waals surface area contributed by atoms with Crippen molar-refractivity contribution in [2.45, 2.75) is 6.92 Å². The maximum Gasteiger partial charge on any atom is 0.256 e. The van der Waals surface area contributed by atoms with Crippen LogP contribution in [0.4, 0.5) is 4.39 Å². The van der Waals surface area contributed by atoms with E-state index in [1.54, 1.807) is 47.2 Å². The van der Waals surface area contributed by atoms with Crippen LogP contribution in [0.15, 0.2) is 42.5 Å². The molecular weight excluding hydrogens is 335 g/mol. The first kappa shape index (κ1) is 17.9. The van der Waals surface area contributed by atoms with Crippen LogP contribution in [0.5, 0.6) is 5.75 Å². The van der Waals surface area contributed by atoms with Gasteiger partial charge >= 0.3 is 0 Å². The van der Waals surface area contributed by atoms with Gasteiger partial charge in [0.25, 0.3) is 11.8 Å². The molecule has 1 heterocycles. The van der Waals surface area contributed by atoms with E-state index in [2.05, 4.69) is 0 Å². The van der Waals surface area contributed by atoms with Crippen LogP contribution in [0.1, 0.15) is 26.3 Å². The van der Waals surface area contributed by atoms with Gasteiger partial charge in [-0.1, -0.05) is 12.1 Å². The number of methoxy groups -OCH3 is 1. The summed E-state index contributed by atoms with van der Waals surface area (Å²) in [6.45, 7) is 3.50. The SMILES string of the molecule is COc1ccc(C(=O)N2CCN(C(=O)c3ccccc3F)CC2)cc1C. The van der Waals surface area contributed by atoms with E-state index in [0.717, 1.165) is 11.3 Å². The van der Waals surface area contributed by atoms with E-state index in [-0.39, 0.29) is 17.4 Å². The fourth-order valence-corrected chi connectivity index (χ4v) is 3.11. The third-order valence-electron chi connectivity index (χ3n) is 4.60. The number of amides is 2. The molecule has 0 bridgehead atoms. The number of hydrogen-bond acceptors (Lipinski definition) is 3. The van der Waals surface area contributed by atoms with Gasteiger partial charge in [-0.3, -0.25) is 9.59 Å². The van der Waals surface area contributed by atoms with Crippen LogP contribution in [0, 0.1) is 12.7 Å². The van der Waals surface area contributed by atoms with Gasteiger partial charge in [-0.25, -0.2) is 4.39 Å². The minimum atomic E-state index is -0.523. The normalized spacial score (nSPS) is 14.3. The maximum absolute atomic E-state index is 13.8. The molecule has 6 heteroatoms. The summed E-state index contributed by atoms with van der Waals surface area (Å²) < 4.78 is 19.0. The molecule has 136 valence electrons. The van der Waals surface area contributed by atoms with Gasteiger partial charge < -0.3 is 14.5 Å². The first-order chi connectivity index (χ1) is 12.5. The fourth-order valence-electron chi connectivity index (χ4n) is 3.11. The van der Waals surface area contributed by atoms with Gasteiger partial charge in [0.1, 0.15) is 11.6 Å². The highest BCUT2D eigenvalue weighted by atomic mass is 19.1. The number of carbonyl (C=O) groups is 2. The van der Waals surface area contributed by atoms with Crippen LogP contribution in [0.3, 0.4) is 0 Å². The van der Waals surface area contributed by atoms with Gasteiger partial charge in [-0.15, -0.1) is 0 Å². The van der Waals surface area contributed by atoms with E-state index in [1.807, 2.05) is 6.92 Å². The summed E-state index contributed by atoms with van der Waals surface area (Å²) in [4.78, 5) is 28.4. The van der Waals surface area contributed by atoms with E-state index in [4.69, 9.17) is 4.74 Å². The van der Waals surface area contributed by atoms with E-state index < -0.39 is 5.82 Å². The molecule has 0 aromatic heterocycles. The monoisotopic (exact) mass is 356 g/mol. The molecule has 5 nitrogen and oxygen atoms in total. The van der Waals surface area contributed by atoms with Crippen LogP contribution >= 0.6 is 0 Å². The van der Waals surface area contributed by atoms with Crippen molar-refractivity contribution in [3.05, 3.63) is 65.0 Å². The number of benzene rings is 2. The van der Waals surface area contributed by atoms with Gasteiger partial charge in [0.05, 0.1) is 12.7 Å². The lowest BCUT2D eigenvalue weighted by Crippen LogP contribution is -2.50. The van der Waals surface area contributed by atoms with Crippen LogP contribution < -0.4 is 4.74 Å². The van der Waals surface area contributed by atoms with Crippen LogP contribution in [-0.2, 0) is 0 Å². The number of piperazine rings is 1. The van der Waals surface area contributed by atoms with Crippen molar-refractivity contribution in [2.24, 2.45) is 0 Å². The number of ether oxygens (including phenoxy) is 1. The van der Waals surface area contributed by atoms with Gasteiger partial charge in [0, 0.05) is 31.7 Å². The molecule has 1 aliphatic heterocycles. The molecule has 0 unspecified atom stereocenters. The molecule has 3 rings (SSSR count). The molecule has 0 radical (unpaired) electrons. The zero-order chi connectivity index (χ0) is 18.7. The van der Waals surface area contributed by atoms with Gasteiger partial charge in [0.2, 0.25) is 0 Å². The van der Waals surface area contributed by atoms with Crippen molar-refractivity contribution in [1.29, 1.82) is 0 Å². The Balaban J connectivity index is 1.65. The predicted octanol–water partition coefficient (Wildman–Crippen LogP) is 2.74. The maximum atomic E-state index is 13.8. The molecule has 2 aromatic rings. The number of carbonyl (C=O) groups excluding carboxylic acids is 2. The van der Waals surface area contributed by atoms with E-state index >= 15 is 0 Å². The van der Waals surface area contributed by atoms with Gasteiger partial charge in [-0.2, -0.15) is 0 Å². The number of aryl methyl sites for hydroxylation is 1.